The molecule has 5 rings (SSSR count). The van der Waals surface area contributed by atoms with E-state index in [0.29, 0.717) is 17.9 Å². The molecule has 1 unspecified atom stereocenters. The number of Topliss-reactive ketones (excluding diaryl/α,β-unsaturated/α-hetero) is 1. The Morgan fingerprint density at radius 2 is 1.77 bits per heavy atom. The van der Waals surface area contributed by atoms with Crippen molar-refractivity contribution in [2.75, 3.05) is 0 Å². The van der Waals surface area contributed by atoms with Crippen molar-refractivity contribution in [2.24, 2.45) is 0 Å². The Morgan fingerprint density at radius 3 is 2.43 bits per heavy atom. The number of ketones is 1. The number of ether oxygens (including phenoxy) is 1. The summed E-state index contributed by atoms with van der Waals surface area (Å²) in [7, 11) is 0. The van der Waals surface area contributed by atoms with Gasteiger partial charge in [0.2, 0.25) is 0 Å². The molecule has 2 aliphatic rings. The van der Waals surface area contributed by atoms with E-state index in [1.807, 2.05) is 67.8 Å². The highest BCUT2D eigenvalue weighted by atomic mass is 32.1. The van der Waals surface area contributed by atoms with Crippen LogP contribution in [0, 0.1) is 13.8 Å². The van der Waals surface area contributed by atoms with E-state index >= 15 is 0 Å². The van der Waals surface area contributed by atoms with Crippen molar-refractivity contribution in [3.05, 3.63) is 92.7 Å². The van der Waals surface area contributed by atoms with Gasteiger partial charge in [0.25, 0.3) is 11.7 Å². The normalized spacial score (nSPS) is 20.1. The van der Waals surface area contributed by atoms with Gasteiger partial charge >= 0.3 is 0 Å². The summed E-state index contributed by atoms with van der Waals surface area (Å²) in [5, 5.41) is 13.4. The molecule has 1 amide bonds. The van der Waals surface area contributed by atoms with Crippen LogP contribution in [-0.2, 0) is 16.2 Å². The molecular weight excluding hydrogens is 458 g/mol. The lowest BCUT2D eigenvalue weighted by Gasteiger charge is -2.30. The molecule has 3 aromatic rings. The number of hydrogen-bond donors (Lipinski definition) is 1. The molecule has 5 nitrogen and oxygen atoms in total. The number of hydrogen-bond acceptors (Lipinski definition) is 5. The van der Waals surface area contributed by atoms with E-state index in [4.69, 9.17) is 4.74 Å². The molecule has 1 atom stereocenters. The zero-order chi connectivity index (χ0) is 24.5. The fourth-order valence-corrected chi connectivity index (χ4v) is 6.21. The number of rotatable bonds is 6. The van der Waals surface area contributed by atoms with E-state index < -0.39 is 17.7 Å². The standard InChI is InChI=1S/C29H29NO4S/c1-18-14-15-35-28(18)25-24(27(32)29(33)30(25)22-10-6-7-11-22)26(31)21-12-13-23(19(2)16-21)34-17-20-8-4-3-5-9-20/h3-5,8-9,12-16,22,25,31H,6-7,10-11,17H2,1-2H3/b26-24-. The van der Waals surface area contributed by atoms with Crippen LogP contribution in [0.4, 0.5) is 0 Å². The summed E-state index contributed by atoms with van der Waals surface area (Å²) in [6, 6.07) is 16.8. The van der Waals surface area contributed by atoms with Crippen molar-refractivity contribution in [2.45, 2.75) is 58.2 Å². The molecule has 0 spiro atoms. The zero-order valence-electron chi connectivity index (χ0n) is 20.0. The molecule has 2 aromatic carbocycles. The Hall–Kier alpha value is -3.38. The molecule has 35 heavy (non-hydrogen) atoms. The van der Waals surface area contributed by atoms with E-state index in [0.717, 1.165) is 47.3 Å². The van der Waals surface area contributed by atoms with Crippen molar-refractivity contribution >= 4 is 28.8 Å². The molecule has 2 fully saturated rings. The van der Waals surface area contributed by atoms with Gasteiger partial charge in [-0.3, -0.25) is 9.59 Å². The second kappa shape index (κ2) is 9.70. The second-order valence-electron chi connectivity index (χ2n) is 9.37. The first-order valence-corrected chi connectivity index (χ1v) is 13.0. The maximum atomic E-state index is 13.3. The Kier molecular flexibility index (Phi) is 6.48. The molecule has 1 aromatic heterocycles. The third-order valence-electron chi connectivity index (χ3n) is 7.03. The van der Waals surface area contributed by atoms with Crippen LogP contribution in [0.3, 0.4) is 0 Å². The number of likely N-dealkylation sites (tertiary alicyclic amines) is 1. The highest BCUT2D eigenvalue weighted by molar-refractivity contribution is 7.10. The number of aliphatic hydroxyl groups is 1. The summed E-state index contributed by atoms with van der Waals surface area (Å²) in [6.07, 6.45) is 3.88. The molecule has 1 saturated heterocycles. The molecule has 180 valence electrons. The second-order valence-corrected chi connectivity index (χ2v) is 10.3. The van der Waals surface area contributed by atoms with Crippen molar-refractivity contribution in [1.29, 1.82) is 0 Å². The Morgan fingerprint density at radius 1 is 1.03 bits per heavy atom. The maximum Gasteiger partial charge on any atom is 0.295 e. The van der Waals surface area contributed by atoms with Gasteiger partial charge in [-0.1, -0.05) is 43.2 Å². The van der Waals surface area contributed by atoms with Gasteiger partial charge in [0, 0.05) is 16.5 Å². The van der Waals surface area contributed by atoms with E-state index in [-0.39, 0.29) is 17.4 Å². The SMILES string of the molecule is Cc1cc(/C(O)=C2/C(=O)C(=O)N(C3CCCC3)C2c2sccc2C)ccc1OCc1ccccc1. The monoisotopic (exact) mass is 487 g/mol. The summed E-state index contributed by atoms with van der Waals surface area (Å²) in [6.45, 7) is 4.34. The maximum absolute atomic E-state index is 13.3. The van der Waals surface area contributed by atoms with Gasteiger partial charge in [-0.2, -0.15) is 0 Å². The average Bonchev–Trinajstić information content (AvgIpc) is 3.59. The predicted octanol–water partition coefficient (Wildman–Crippen LogP) is 6.31. The van der Waals surface area contributed by atoms with E-state index in [1.54, 1.807) is 11.0 Å². The number of carbonyl (C=O) groups is 2. The number of nitrogens with zero attached hydrogens (tertiary/aromatic N) is 1. The number of thiophene rings is 1. The first-order chi connectivity index (χ1) is 17.0. The van der Waals surface area contributed by atoms with Gasteiger partial charge in [-0.15, -0.1) is 11.3 Å². The Labute approximate surface area is 209 Å². The third-order valence-corrected chi connectivity index (χ3v) is 8.11. The van der Waals surface area contributed by atoms with Gasteiger partial charge in [0.1, 0.15) is 24.2 Å². The van der Waals surface area contributed by atoms with Crippen molar-refractivity contribution in [3.8, 4) is 5.75 Å². The van der Waals surface area contributed by atoms with Gasteiger partial charge < -0.3 is 14.7 Å². The molecule has 1 N–H and O–H groups in total. The number of aryl methyl sites for hydroxylation is 2. The smallest absolute Gasteiger partial charge is 0.295 e. The average molecular weight is 488 g/mol. The van der Waals surface area contributed by atoms with E-state index in [1.165, 1.54) is 11.3 Å². The zero-order valence-corrected chi connectivity index (χ0v) is 20.8. The van der Waals surface area contributed by atoms with Crippen LogP contribution < -0.4 is 4.74 Å². The molecule has 0 radical (unpaired) electrons. The topological polar surface area (TPSA) is 66.8 Å². The van der Waals surface area contributed by atoms with Crippen LogP contribution in [0.25, 0.3) is 5.76 Å². The van der Waals surface area contributed by atoms with Gasteiger partial charge in [-0.25, -0.2) is 0 Å². The summed E-state index contributed by atoms with van der Waals surface area (Å²) in [5.41, 5.74) is 3.63. The minimum Gasteiger partial charge on any atom is -0.507 e. The van der Waals surface area contributed by atoms with Crippen LogP contribution in [-0.4, -0.2) is 27.7 Å². The summed E-state index contributed by atoms with van der Waals surface area (Å²) >= 11 is 1.53. The molecule has 0 bridgehead atoms. The van der Waals surface area contributed by atoms with Crippen LogP contribution in [0.5, 0.6) is 5.75 Å². The lowest BCUT2D eigenvalue weighted by molar-refractivity contribution is -0.141. The highest BCUT2D eigenvalue weighted by Crippen LogP contribution is 2.46. The first kappa shape index (κ1) is 23.4. The van der Waals surface area contributed by atoms with Crippen molar-refractivity contribution in [1.82, 2.24) is 4.90 Å². The molecule has 1 aliphatic heterocycles. The van der Waals surface area contributed by atoms with Gasteiger partial charge in [0.05, 0.1) is 5.57 Å². The summed E-state index contributed by atoms with van der Waals surface area (Å²) < 4.78 is 5.98. The van der Waals surface area contributed by atoms with Crippen molar-refractivity contribution in [3.63, 3.8) is 0 Å². The number of amides is 1. The number of benzene rings is 2. The minimum atomic E-state index is -0.603. The van der Waals surface area contributed by atoms with Crippen LogP contribution >= 0.6 is 11.3 Å². The molecule has 2 heterocycles. The van der Waals surface area contributed by atoms with Gasteiger partial charge in [-0.05, 0) is 73.0 Å². The highest BCUT2D eigenvalue weighted by Gasteiger charge is 2.50. The van der Waals surface area contributed by atoms with Crippen LogP contribution in [0.15, 0.2) is 65.6 Å². The van der Waals surface area contributed by atoms with E-state index in [9.17, 15) is 14.7 Å². The van der Waals surface area contributed by atoms with Crippen LogP contribution in [0.1, 0.15) is 58.9 Å². The Bertz CT molecular complexity index is 1290. The molecule has 1 aliphatic carbocycles. The summed E-state index contributed by atoms with van der Waals surface area (Å²) in [5.74, 6) is -0.521. The largest absolute Gasteiger partial charge is 0.507 e. The third kappa shape index (κ3) is 4.39. The molecule has 1 saturated carbocycles. The number of carbonyl (C=O) groups excluding carboxylic acids is 2. The van der Waals surface area contributed by atoms with Gasteiger partial charge in [0.15, 0.2) is 0 Å². The fourth-order valence-electron chi connectivity index (χ4n) is 5.18. The lowest BCUT2D eigenvalue weighted by atomic mass is 9.97. The minimum absolute atomic E-state index is 0.0266. The first-order valence-electron chi connectivity index (χ1n) is 12.1. The van der Waals surface area contributed by atoms with E-state index in [2.05, 4.69) is 0 Å². The molecular formula is C29H29NO4S. The predicted molar refractivity (Wildman–Crippen MR) is 137 cm³/mol. The fraction of sp³-hybridized carbons (Fsp3) is 0.310. The van der Waals surface area contributed by atoms with Crippen LogP contribution in [0.2, 0.25) is 0 Å². The summed E-state index contributed by atoms with van der Waals surface area (Å²) in [4.78, 5) is 29.2. The Balaban J connectivity index is 1.51. The quantitative estimate of drug-likeness (QED) is 0.251. The van der Waals surface area contributed by atoms with Crippen molar-refractivity contribution < 1.29 is 19.4 Å². The molecule has 6 heteroatoms. The number of aliphatic hydroxyl groups excluding tert-OH is 1. The lowest BCUT2D eigenvalue weighted by Crippen LogP contribution is -2.37.